The highest BCUT2D eigenvalue weighted by atomic mass is 16.5. The van der Waals surface area contributed by atoms with Gasteiger partial charge < -0.3 is 30.3 Å². The maximum atomic E-state index is 9.76. The van der Waals surface area contributed by atoms with Crippen LogP contribution in [-0.4, -0.2) is 69.8 Å². The van der Waals surface area contributed by atoms with Gasteiger partial charge in [0.1, 0.15) is 24.4 Å². The molecule has 0 aliphatic heterocycles. The van der Waals surface area contributed by atoms with E-state index in [1.807, 2.05) is 0 Å². The summed E-state index contributed by atoms with van der Waals surface area (Å²) in [6.07, 6.45) is 4.35. The third kappa shape index (κ3) is 13.6. The minimum Gasteiger partial charge on any atom is -0.394 e. The largest absolute Gasteiger partial charge is 0.394 e. The molecule has 5 atom stereocenters. The minimum atomic E-state index is -1.61. The lowest BCUT2D eigenvalue weighted by Gasteiger charge is -2.25. The van der Waals surface area contributed by atoms with Crippen LogP contribution in [0.5, 0.6) is 0 Å². The molecule has 0 saturated heterocycles. The summed E-state index contributed by atoms with van der Waals surface area (Å²) in [4.78, 5) is 0. The highest BCUT2D eigenvalue weighted by Crippen LogP contribution is 2.19. The highest BCUT2D eigenvalue weighted by molar-refractivity contribution is 4.97. The Hall–Kier alpha value is -0.500. The van der Waals surface area contributed by atoms with Crippen LogP contribution in [0.2, 0.25) is 0 Å². The molecular weight excluding hydrogens is 360 g/mol. The van der Waals surface area contributed by atoms with Crippen molar-refractivity contribution in [2.24, 2.45) is 11.8 Å². The fourth-order valence-electron chi connectivity index (χ4n) is 3.10. The molecule has 0 saturated carbocycles. The molecule has 0 radical (unpaired) electrons. The molecule has 0 aromatic carbocycles. The van der Waals surface area contributed by atoms with Crippen molar-refractivity contribution in [3.63, 3.8) is 0 Å². The van der Waals surface area contributed by atoms with Crippen molar-refractivity contribution in [2.45, 2.75) is 97.1 Å². The van der Waals surface area contributed by atoms with Gasteiger partial charge in [0.05, 0.1) is 19.8 Å². The Balaban J connectivity index is 3.83. The lowest BCUT2D eigenvalue weighted by atomic mass is 9.94. The second kappa shape index (κ2) is 16.3. The lowest BCUT2D eigenvalue weighted by Crippen LogP contribution is -2.47. The van der Waals surface area contributed by atoms with Gasteiger partial charge in [-0.05, 0) is 38.0 Å². The summed E-state index contributed by atoms with van der Waals surface area (Å²) in [5.74, 6) is 1.57. The van der Waals surface area contributed by atoms with Gasteiger partial charge in [0.2, 0.25) is 0 Å². The molecule has 0 bridgehead atoms. The Morgan fingerprint density at radius 2 is 1.50 bits per heavy atom. The summed E-state index contributed by atoms with van der Waals surface area (Å²) < 4.78 is 5.33. The van der Waals surface area contributed by atoms with Gasteiger partial charge in [-0.3, -0.25) is 0 Å². The fourth-order valence-corrected chi connectivity index (χ4v) is 3.10. The van der Waals surface area contributed by atoms with Gasteiger partial charge in [-0.25, -0.2) is 0 Å². The van der Waals surface area contributed by atoms with E-state index in [0.29, 0.717) is 6.61 Å². The lowest BCUT2D eigenvalue weighted by molar-refractivity contribution is -0.128. The van der Waals surface area contributed by atoms with Gasteiger partial charge in [0.15, 0.2) is 0 Å². The fraction of sp³-hybridized carbons (Fsp3) is 0.909. The number of allylic oxidation sites excluding steroid dienone is 1. The predicted octanol–water partition coefficient (Wildman–Crippen LogP) is 2.41. The standard InChI is InChI=1S/C22H44O6/c1-16(2)8-5-9-17(3)10-6-11-18(4)12-7-13-28-15-20(25)22(27)21(26)19(24)14-23/h12,16-17,19-27H,5-11,13-15H2,1-4H3/b18-12+/t17?,19-,20+,21-,22-/m0/s1. The topological polar surface area (TPSA) is 110 Å². The van der Waals surface area contributed by atoms with E-state index in [9.17, 15) is 20.4 Å². The zero-order valence-corrected chi connectivity index (χ0v) is 18.3. The second-order valence-corrected chi connectivity index (χ2v) is 8.53. The summed E-state index contributed by atoms with van der Waals surface area (Å²) >= 11 is 0. The van der Waals surface area contributed by atoms with Gasteiger partial charge >= 0.3 is 0 Å². The Morgan fingerprint density at radius 1 is 0.893 bits per heavy atom. The molecule has 0 rings (SSSR count). The molecule has 1 unspecified atom stereocenters. The maximum absolute atomic E-state index is 9.76. The Bertz CT molecular complexity index is 398. The molecule has 0 aromatic rings. The smallest absolute Gasteiger partial charge is 0.111 e. The molecule has 0 spiro atoms. The minimum absolute atomic E-state index is 0.142. The van der Waals surface area contributed by atoms with Crippen LogP contribution in [0, 0.1) is 11.8 Å². The van der Waals surface area contributed by atoms with Crippen molar-refractivity contribution in [1.29, 1.82) is 0 Å². The summed E-state index contributed by atoms with van der Waals surface area (Å²) in [7, 11) is 0. The van der Waals surface area contributed by atoms with Crippen molar-refractivity contribution in [3.8, 4) is 0 Å². The molecule has 0 fully saturated rings. The molecule has 0 heterocycles. The van der Waals surface area contributed by atoms with Crippen LogP contribution in [-0.2, 0) is 4.74 Å². The predicted molar refractivity (Wildman–Crippen MR) is 112 cm³/mol. The molecular formula is C22H44O6. The quantitative estimate of drug-likeness (QED) is 0.188. The second-order valence-electron chi connectivity index (χ2n) is 8.53. The van der Waals surface area contributed by atoms with Gasteiger partial charge in [-0.1, -0.05) is 58.1 Å². The third-order valence-corrected chi connectivity index (χ3v) is 5.12. The summed E-state index contributed by atoms with van der Waals surface area (Å²) in [6, 6.07) is 0. The van der Waals surface area contributed by atoms with Crippen LogP contribution < -0.4 is 0 Å². The van der Waals surface area contributed by atoms with E-state index in [4.69, 9.17) is 9.84 Å². The maximum Gasteiger partial charge on any atom is 0.111 e. The number of ether oxygens (including phenoxy) is 1. The average Bonchev–Trinajstić information content (AvgIpc) is 2.65. The van der Waals surface area contributed by atoms with Gasteiger partial charge in [0.25, 0.3) is 0 Å². The first-order chi connectivity index (χ1) is 13.2. The number of hydrogen-bond donors (Lipinski definition) is 5. The third-order valence-electron chi connectivity index (χ3n) is 5.12. The number of rotatable bonds is 17. The van der Waals surface area contributed by atoms with E-state index in [0.717, 1.165) is 24.7 Å². The van der Waals surface area contributed by atoms with Crippen molar-refractivity contribution in [1.82, 2.24) is 0 Å². The van der Waals surface area contributed by atoms with E-state index < -0.39 is 31.0 Å². The van der Waals surface area contributed by atoms with Crippen molar-refractivity contribution < 1.29 is 30.3 Å². The average molecular weight is 405 g/mol. The van der Waals surface area contributed by atoms with E-state index in [1.165, 1.54) is 37.7 Å². The molecule has 0 aliphatic carbocycles. The Labute approximate surface area is 171 Å². The first kappa shape index (κ1) is 27.5. The van der Waals surface area contributed by atoms with E-state index in [1.54, 1.807) is 0 Å². The zero-order chi connectivity index (χ0) is 21.5. The number of aliphatic hydroxyl groups excluding tert-OH is 5. The monoisotopic (exact) mass is 404 g/mol. The molecule has 0 aromatic heterocycles. The van der Waals surface area contributed by atoms with Crippen LogP contribution in [0.25, 0.3) is 0 Å². The van der Waals surface area contributed by atoms with Crippen LogP contribution >= 0.6 is 0 Å². The van der Waals surface area contributed by atoms with Gasteiger partial charge in [-0.15, -0.1) is 0 Å². The van der Waals surface area contributed by atoms with E-state index in [2.05, 4.69) is 33.8 Å². The van der Waals surface area contributed by atoms with Gasteiger partial charge in [0, 0.05) is 0 Å². The first-order valence-corrected chi connectivity index (χ1v) is 10.8. The molecule has 28 heavy (non-hydrogen) atoms. The molecule has 6 heteroatoms. The highest BCUT2D eigenvalue weighted by Gasteiger charge is 2.29. The summed E-state index contributed by atoms with van der Waals surface area (Å²) in [5, 5.41) is 47.0. The molecule has 6 nitrogen and oxygen atoms in total. The Morgan fingerprint density at radius 3 is 2.11 bits per heavy atom. The van der Waals surface area contributed by atoms with E-state index >= 15 is 0 Å². The SMILES string of the molecule is C/C(=C\CCOC[C@@H](O)[C@H](O)[C@@H](O)[C@@H](O)CO)CCCC(C)CCCC(C)C. The zero-order valence-electron chi connectivity index (χ0n) is 18.3. The van der Waals surface area contributed by atoms with Crippen molar-refractivity contribution in [2.75, 3.05) is 19.8 Å². The Kier molecular flexibility index (Phi) is 16.0. The molecule has 5 N–H and O–H groups in total. The molecule has 0 amide bonds. The van der Waals surface area contributed by atoms with Crippen LogP contribution in [0.1, 0.15) is 72.6 Å². The van der Waals surface area contributed by atoms with Crippen LogP contribution in [0.3, 0.4) is 0 Å². The van der Waals surface area contributed by atoms with Crippen LogP contribution in [0.15, 0.2) is 11.6 Å². The summed E-state index contributed by atoms with van der Waals surface area (Å²) in [5.41, 5.74) is 1.33. The van der Waals surface area contributed by atoms with Crippen LogP contribution in [0.4, 0.5) is 0 Å². The van der Waals surface area contributed by atoms with Gasteiger partial charge in [-0.2, -0.15) is 0 Å². The van der Waals surface area contributed by atoms with Crippen molar-refractivity contribution in [3.05, 3.63) is 11.6 Å². The first-order valence-electron chi connectivity index (χ1n) is 10.8. The number of aliphatic hydroxyl groups is 5. The van der Waals surface area contributed by atoms with E-state index in [-0.39, 0.29) is 6.61 Å². The normalized spacial score (nSPS) is 18.1. The summed E-state index contributed by atoms with van der Waals surface area (Å²) in [6.45, 7) is 8.58. The van der Waals surface area contributed by atoms with Crippen molar-refractivity contribution >= 4 is 0 Å². The molecule has 168 valence electrons. The number of hydrogen-bond acceptors (Lipinski definition) is 6. The molecule has 0 aliphatic rings.